The van der Waals surface area contributed by atoms with Gasteiger partial charge in [-0.15, -0.1) is 0 Å². The Bertz CT molecular complexity index is 147. The van der Waals surface area contributed by atoms with Crippen molar-refractivity contribution in [3.8, 4) is 0 Å². The summed E-state index contributed by atoms with van der Waals surface area (Å²) in [5, 5.41) is 0. The van der Waals surface area contributed by atoms with Gasteiger partial charge in [-0.25, -0.2) is 9.59 Å². The quantitative estimate of drug-likeness (QED) is 0.390. The molecule has 70 valence electrons. The summed E-state index contributed by atoms with van der Waals surface area (Å²) in [6, 6.07) is 0. The average molecular weight is 212 g/mol. The predicted molar refractivity (Wildman–Crippen MR) is 46.3 cm³/mol. The molecule has 0 rings (SSSR count). The van der Waals surface area contributed by atoms with Crippen LogP contribution in [0.2, 0.25) is 0 Å². The van der Waals surface area contributed by atoms with E-state index in [0.717, 1.165) is 0 Å². The van der Waals surface area contributed by atoms with Gasteiger partial charge in [0.25, 0.3) is 0 Å². The first-order valence-electron chi connectivity index (χ1n) is 2.72. The summed E-state index contributed by atoms with van der Waals surface area (Å²) in [5.41, 5.74) is 9.33. The molecule has 0 aromatic heterocycles. The summed E-state index contributed by atoms with van der Waals surface area (Å²) in [4.78, 5) is 20.0. The van der Waals surface area contributed by atoms with Gasteiger partial charge in [0, 0.05) is 0 Å². The van der Waals surface area contributed by atoms with E-state index in [4.69, 9.17) is 0 Å². The summed E-state index contributed by atoms with van der Waals surface area (Å²) in [7, 11) is 2.37. The van der Waals surface area contributed by atoms with Gasteiger partial charge in [-0.3, -0.25) is 0 Å². The normalized spacial score (nSPS) is 9.00. The average Bonchev–Trinajstić information content (AvgIpc) is 1.95. The zero-order valence-electron chi connectivity index (χ0n) is 6.02. The van der Waals surface area contributed by atoms with Gasteiger partial charge < -0.3 is 20.9 Å². The van der Waals surface area contributed by atoms with E-state index >= 15 is 0 Å². The zero-order valence-corrected chi connectivity index (χ0v) is 7.65. The molecule has 0 aliphatic rings. The van der Waals surface area contributed by atoms with Crippen LogP contribution in [0.1, 0.15) is 0 Å². The van der Waals surface area contributed by atoms with Crippen LogP contribution in [0.5, 0.6) is 0 Å². The highest BCUT2D eigenvalue weighted by molar-refractivity contribution is 8.76. The molecule has 0 saturated heterocycles. The highest BCUT2D eigenvalue weighted by Crippen LogP contribution is 2.20. The lowest BCUT2D eigenvalue weighted by Gasteiger charge is -2.00. The van der Waals surface area contributed by atoms with Gasteiger partial charge in [0.1, 0.15) is 11.9 Å². The maximum Gasteiger partial charge on any atom is 0.405 e. The fourth-order valence-electron chi connectivity index (χ4n) is 0.232. The van der Waals surface area contributed by atoms with Crippen molar-refractivity contribution in [2.75, 3.05) is 11.9 Å². The molecule has 0 heterocycles. The van der Waals surface area contributed by atoms with E-state index in [2.05, 4.69) is 20.9 Å². The Balaban J connectivity index is 3.01. The molecule has 4 N–H and O–H groups in total. The highest BCUT2D eigenvalue weighted by Gasteiger charge is 1.96. The first-order valence-corrected chi connectivity index (χ1v) is 5.20. The maximum absolute atomic E-state index is 10.0. The van der Waals surface area contributed by atoms with Gasteiger partial charge >= 0.3 is 12.2 Å². The Morgan fingerprint density at radius 2 is 1.33 bits per heavy atom. The minimum Gasteiger partial charge on any atom is -0.438 e. The van der Waals surface area contributed by atoms with E-state index in [1.807, 2.05) is 0 Å². The lowest BCUT2D eigenvalue weighted by molar-refractivity contribution is 0.175. The molecule has 0 aliphatic carbocycles. The van der Waals surface area contributed by atoms with Crippen LogP contribution in [0.15, 0.2) is 0 Å². The lowest BCUT2D eigenvalue weighted by Crippen LogP contribution is -2.13. The maximum atomic E-state index is 10.0. The third-order valence-corrected chi connectivity index (χ3v) is 2.25. The fourth-order valence-corrected chi connectivity index (χ4v) is 1.39. The summed E-state index contributed by atoms with van der Waals surface area (Å²) in [5.74, 6) is 0.226. The van der Waals surface area contributed by atoms with Crippen molar-refractivity contribution in [1.29, 1.82) is 0 Å². The molecule has 0 unspecified atom stereocenters. The molecule has 8 heteroatoms. The Labute approximate surface area is 76.7 Å². The molecule has 0 atom stereocenters. The number of ether oxygens (including phenoxy) is 2. The molecular formula is C4H8N2O4S2. The number of primary amides is 2. The van der Waals surface area contributed by atoms with E-state index in [9.17, 15) is 9.59 Å². The molecule has 2 amide bonds. The Morgan fingerprint density at radius 3 is 1.58 bits per heavy atom. The number of rotatable bonds is 5. The second-order valence-corrected chi connectivity index (χ2v) is 3.76. The molecular weight excluding hydrogens is 204 g/mol. The van der Waals surface area contributed by atoms with Crippen molar-refractivity contribution in [2.45, 2.75) is 0 Å². The van der Waals surface area contributed by atoms with Crippen LogP contribution in [0.4, 0.5) is 9.59 Å². The van der Waals surface area contributed by atoms with Crippen LogP contribution >= 0.6 is 21.6 Å². The van der Waals surface area contributed by atoms with Crippen molar-refractivity contribution >= 4 is 33.8 Å². The molecule has 6 nitrogen and oxygen atoms in total. The van der Waals surface area contributed by atoms with Gasteiger partial charge in [0.2, 0.25) is 0 Å². The predicted octanol–water partition coefficient (Wildman–Crippen LogP) is 0.473. The molecule has 0 spiro atoms. The number of nitrogens with two attached hydrogens (primary N) is 2. The van der Waals surface area contributed by atoms with Crippen molar-refractivity contribution in [1.82, 2.24) is 0 Å². The van der Waals surface area contributed by atoms with Crippen molar-refractivity contribution in [3.63, 3.8) is 0 Å². The molecule has 0 saturated carbocycles. The standard InChI is InChI=1S/C4H8N2O4S2/c5-3(7)9-1-11-12-2-10-4(6)8/h1-2H2,(H2,5,7)(H2,6,8). The first kappa shape index (κ1) is 11.2. The van der Waals surface area contributed by atoms with Crippen LogP contribution in [0.25, 0.3) is 0 Å². The molecule has 0 radical (unpaired) electrons. The summed E-state index contributed by atoms with van der Waals surface area (Å²) < 4.78 is 8.72. The minimum absolute atomic E-state index is 0.113. The lowest BCUT2D eigenvalue weighted by atomic mass is 11.2. The monoisotopic (exact) mass is 212 g/mol. The first-order chi connectivity index (χ1) is 5.63. The summed E-state index contributed by atoms with van der Waals surface area (Å²) in [6.45, 7) is 0. The van der Waals surface area contributed by atoms with E-state index < -0.39 is 12.2 Å². The Morgan fingerprint density at radius 1 is 1.00 bits per heavy atom. The van der Waals surface area contributed by atoms with E-state index in [1.165, 1.54) is 21.6 Å². The largest absolute Gasteiger partial charge is 0.438 e. The smallest absolute Gasteiger partial charge is 0.405 e. The topological polar surface area (TPSA) is 105 Å². The van der Waals surface area contributed by atoms with Gasteiger partial charge in [-0.1, -0.05) is 0 Å². The molecule has 0 fully saturated rings. The highest BCUT2D eigenvalue weighted by atomic mass is 33.1. The second-order valence-electron chi connectivity index (χ2n) is 1.40. The van der Waals surface area contributed by atoms with Crippen LogP contribution in [-0.2, 0) is 9.47 Å². The number of carbonyl (C=O) groups is 2. The SMILES string of the molecule is NC(=O)OCSSCOC(N)=O. The van der Waals surface area contributed by atoms with E-state index in [-0.39, 0.29) is 11.9 Å². The fraction of sp³-hybridized carbons (Fsp3) is 0.500. The Kier molecular flexibility index (Phi) is 6.48. The van der Waals surface area contributed by atoms with Crippen LogP contribution in [0, 0.1) is 0 Å². The molecule has 0 aromatic carbocycles. The van der Waals surface area contributed by atoms with Gasteiger partial charge in [-0.05, 0) is 21.6 Å². The third kappa shape index (κ3) is 9.24. The van der Waals surface area contributed by atoms with Gasteiger partial charge in [0.15, 0.2) is 0 Å². The van der Waals surface area contributed by atoms with Crippen LogP contribution < -0.4 is 11.5 Å². The third-order valence-electron chi connectivity index (χ3n) is 0.582. The number of amides is 2. The molecule has 0 aliphatic heterocycles. The van der Waals surface area contributed by atoms with Crippen molar-refractivity contribution in [2.24, 2.45) is 11.5 Å². The van der Waals surface area contributed by atoms with E-state index in [0.29, 0.717) is 0 Å². The van der Waals surface area contributed by atoms with E-state index in [1.54, 1.807) is 0 Å². The molecule has 0 bridgehead atoms. The molecule has 0 aromatic rings. The second kappa shape index (κ2) is 6.92. The van der Waals surface area contributed by atoms with Crippen molar-refractivity contribution in [3.05, 3.63) is 0 Å². The number of carbonyl (C=O) groups excluding carboxylic acids is 2. The van der Waals surface area contributed by atoms with Crippen LogP contribution in [0.3, 0.4) is 0 Å². The van der Waals surface area contributed by atoms with Gasteiger partial charge in [0.05, 0.1) is 0 Å². The van der Waals surface area contributed by atoms with Crippen molar-refractivity contribution < 1.29 is 19.1 Å². The summed E-state index contributed by atoms with van der Waals surface area (Å²) >= 11 is 0. The minimum atomic E-state index is -0.834. The number of hydrogen-bond acceptors (Lipinski definition) is 6. The summed E-state index contributed by atoms with van der Waals surface area (Å²) in [6.07, 6.45) is -1.67. The van der Waals surface area contributed by atoms with Gasteiger partial charge in [-0.2, -0.15) is 0 Å². The molecule has 12 heavy (non-hydrogen) atoms. The van der Waals surface area contributed by atoms with Crippen LogP contribution in [-0.4, -0.2) is 24.1 Å². The zero-order chi connectivity index (χ0) is 9.40. The Hall–Kier alpha value is -0.760. The number of hydrogen-bond donors (Lipinski definition) is 2.